The Hall–Kier alpha value is -2.82. The van der Waals surface area contributed by atoms with Crippen LogP contribution in [0.4, 0.5) is 0 Å². The summed E-state index contributed by atoms with van der Waals surface area (Å²) in [6.45, 7) is 5.88. The van der Waals surface area contributed by atoms with E-state index < -0.39 is 0 Å². The van der Waals surface area contributed by atoms with Crippen molar-refractivity contribution >= 4 is 11.7 Å². The van der Waals surface area contributed by atoms with Gasteiger partial charge in [0.1, 0.15) is 19.5 Å². The number of amidine groups is 1. The lowest BCUT2D eigenvalue weighted by atomic mass is 9.98. The summed E-state index contributed by atoms with van der Waals surface area (Å²) in [5, 5.41) is 6.73. The van der Waals surface area contributed by atoms with Gasteiger partial charge in [0.05, 0.1) is 5.92 Å². The number of carbonyl (C=O) groups excluding carboxylic acids is 1. The molecule has 132 valence electrons. The van der Waals surface area contributed by atoms with Crippen molar-refractivity contribution < 1.29 is 14.4 Å². The van der Waals surface area contributed by atoms with Crippen LogP contribution in [0.5, 0.6) is 5.75 Å². The van der Waals surface area contributed by atoms with E-state index in [2.05, 4.69) is 17.4 Å². The Morgan fingerprint density at radius 3 is 2.44 bits per heavy atom. The van der Waals surface area contributed by atoms with Gasteiger partial charge in [-0.2, -0.15) is 0 Å². The second kappa shape index (κ2) is 8.87. The quantitative estimate of drug-likeness (QED) is 0.497. The molecule has 1 N–H and O–H groups in total. The average molecular weight is 340 g/mol. The Bertz CT molecular complexity index is 742. The van der Waals surface area contributed by atoms with E-state index in [1.807, 2.05) is 55.5 Å². The summed E-state index contributed by atoms with van der Waals surface area (Å²) in [5.74, 6) is 0.739. The molecule has 0 fully saturated rings. The first-order valence-corrected chi connectivity index (χ1v) is 8.15. The summed E-state index contributed by atoms with van der Waals surface area (Å²) in [7, 11) is 1.45. The standard InChI is InChI=1S/C20H24N2O3/c1-14-10-11-18(12-15(14)2)25-13-19(17-8-6-5-7-9-17)20(22-24-4)21-16(3)23/h5-12,19H,13H2,1-4H3,(H,21,22,23). The van der Waals surface area contributed by atoms with E-state index in [0.29, 0.717) is 12.4 Å². The number of aryl methyl sites for hydroxylation is 2. The fourth-order valence-electron chi connectivity index (χ4n) is 2.45. The van der Waals surface area contributed by atoms with Gasteiger partial charge < -0.3 is 14.9 Å². The molecule has 0 aromatic heterocycles. The third-order valence-corrected chi connectivity index (χ3v) is 3.92. The highest BCUT2D eigenvalue weighted by molar-refractivity contribution is 6.00. The van der Waals surface area contributed by atoms with Crippen molar-refractivity contribution in [2.24, 2.45) is 5.16 Å². The van der Waals surface area contributed by atoms with Gasteiger partial charge in [-0.05, 0) is 42.7 Å². The minimum absolute atomic E-state index is 0.206. The lowest BCUT2D eigenvalue weighted by Gasteiger charge is -2.20. The monoisotopic (exact) mass is 340 g/mol. The Balaban J connectivity index is 2.26. The van der Waals surface area contributed by atoms with E-state index in [-0.39, 0.29) is 11.8 Å². The molecule has 0 aliphatic rings. The molecule has 1 atom stereocenters. The van der Waals surface area contributed by atoms with E-state index in [0.717, 1.165) is 11.3 Å². The van der Waals surface area contributed by atoms with Crippen LogP contribution < -0.4 is 10.1 Å². The minimum Gasteiger partial charge on any atom is -0.492 e. The van der Waals surface area contributed by atoms with Crippen LogP contribution in [0.25, 0.3) is 0 Å². The molecule has 0 spiro atoms. The second-order valence-electron chi connectivity index (χ2n) is 5.86. The van der Waals surface area contributed by atoms with Crippen LogP contribution >= 0.6 is 0 Å². The molecule has 2 rings (SSSR count). The molecule has 1 unspecified atom stereocenters. The van der Waals surface area contributed by atoms with Crippen molar-refractivity contribution in [2.45, 2.75) is 26.7 Å². The molecule has 5 nitrogen and oxygen atoms in total. The zero-order chi connectivity index (χ0) is 18.2. The summed E-state index contributed by atoms with van der Waals surface area (Å²) in [5.41, 5.74) is 3.36. The fourth-order valence-corrected chi connectivity index (χ4v) is 2.45. The Kier molecular flexibility index (Phi) is 6.57. The summed E-state index contributed by atoms with van der Waals surface area (Å²) in [6.07, 6.45) is 0. The molecule has 2 aromatic carbocycles. The van der Waals surface area contributed by atoms with Gasteiger partial charge in [-0.25, -0.2) is 0 Å². The summed E-state index contributed by atoms with van der Waals surface area (Å²) >= 11 is 0. The zero-order valence-electron chi connectivity index (χ0n) is 15.1. The van der Waals surface area contributed by atoms with Crippen LogP contribution in [0, 0.1) is 13.8 Å². The maximum Gasteiger partial charge on any atom is 0.222 e. The number of oxime groups is 1. The predicted octanol–water partition coefficient (Wildman–Crippen LogP) is 3.56. The summed E-state index contributed by atoms with van der Waals surface area (Å²) < 4.78 is 5.98. The molecule has 25 heavy (non-hydrogen) atoms. The molecular weight excluding hydrogens is 316 g/mol. The third kappa shape index (κ3) is 5.35. The van der Waals surface area contributed by atoms with E-state index in [4.69, 9.17) is 9.57 Å². The molecule has 5 heteroatoms. The fraction of sp³-hybridized carbons (Fsp3) is 0.300. The molecule has 0 saturated carbocycles. The Labute approximate surface area is 148 Å². The van der Waals surface area contributed by atoms with Gasteiger partial charge in [-0.15, -0.1) is 0 Å². The average Bonchev–Trinajstić information content (AvgIpc) is 2.59. The van der Waals surface area contributed by atoms with E-state index >= 15 is 0 Å². The van der Waals surface area contributed by atoms with Gasteiger partial charge in [-0.3, -0.25) is 4.79 Å². The van der Waals surface area contributed by atoms with Gasteiger partial charge in [0, 0.05) is 6.92 Å². The van der Waals surface area contributed by atoms with Crippen molar-refractivity contribution in [3.63, 3.8) is 0 Å². The summed E-state index contributed by atoms with van der Waals surface area (Å²) in [6, 6.07) is 15.7. The number of carbonyl (C=O) groups is 1. The highest BCUT2D eigenvalue weighted by Gasteiger charge is 2.21. The molecule has 0 aliphatic heterocycles. The van der Waals surface area contributed by atoms with Crippen LogP contribution in [0.3, 0.4) is 0 Å². The van der Waals surface area contributed by atoms with Crippen LogP contribution in [-0.2, 0) is 9.63 Å². The largest absolute Gasteiger partial charge is 0.492 e. The van der Waals surface area contributed by atoms with E-state index in [1.54, 1.807) is 0 Å². The molecular formula is C20H24N2O3. The Morgan fingerprint density at radius 2 is 1.84 bits per heavy atom. The van der Waals surface area contributed by atoms with Crippen LogP contribution in [0.2, 0.25) is 0 Å². The van der Waals surface area contributed by atoms with Crippen molar-refractivity contribution in [1.29, 1.82) is 0 Å². The van der Waals surface area contributed by atoms with Crippen molar-refractivity contribution in [2.75, 3.05) is 13.7 Å². The van der Waals surface area contributed by atoms with E-state index in [9.17, 15) is 4.79 Å². The molecule has 0 saturated heterocycles. The normalized spacial score (nSPS) is 12.4. The topological polar surface area (TPSA) is 59.9 Å². The lowest BCUT2D eigenvalue weighted by Crippen LogP contribution is -2.36. The van der Waals surface area contributed by atoms with Gasteiger partial charge >= 0.3 is 0 Å². The number of nitrogens with zero attached hydrogens (tertiary/aromatic N) is 1. The first-order valence-electron chi connectivity index (χ1n) is 8.15. The first kappa shape index (κ1) is 18.5. The zero-order valence-corrected chi connectivity index (χ0v) is 15.1. The number of nitrogens with one attached hydrogen (secondary N) is 1. The van der Waals surface area contributed by atoms with E-state index in [1.165, 1.54) is 25.2 Å². The maximum absolute atomic E-state index is 11.5. The molecule has 1 amide bonds. The molecule has 0 bridgehead atoms. The number of benzene rings is 2. The van der Waals surface area contributed by atoms with Gasteiger partial charge in [-0.1, -0.05) is 41.6 Å². The van der Waals surface area contributed by atoms with Crippen molar-refractivity contribution in [3.05, 3.63) is 65.2 Å². The Morgan fingerprint density at radius 1 is 1.12 bits per heavy atom. The number of hydrogen-bond acceptors (Lipinski definition) is 4. The maximum atomic E-state index is 11.5. The molecule has 2 aromatic rings. The van der Waals surface area contributed by atoms with Crippen molar-refractivity contribution in [3.8, 4) is 5.75 Å². The number of hydrogen-bond donors (Lipinski definition) is 1. The SMILES string of the molecule is CON=C(NC(C)=O)C(COc1ccc(C)c(C)c1)c1ccccc1. The van der Waals surface area contributed by atoms with Gasteiger partial charge in [0.15, 0.2) is 5.84 Å². The van der Waals surface area contributed by atoms with Crippen LogP contribution in [-0.4, -0.2) is 25.5 Å². The smallest absolute Gasteiger partial charge is 0.222 e. The molecule has 0 aliphatic carbocycles. The first-order chi connectivity index (χ1) is 12.0. The summed E-state index contributed by atoms with van der Waals surface area (Å²) in [4.78, 5) is 16.4. The highest BCUT2D eigenvalue weighted by Crippen LogP contribution is 2.21. The van der Waals surface area contributed by atoms with Gasteiger partial charge in [0.2, 0.25) is 5.91 Å². The highest BCUT2D eigenvalue weighted by atomic mass is 16.6. The third-order valence-electron chi connectivity index (χ3n) is 3.92. The van der Waals surface area contributed by atoms with Crippen LogP contribution in [0.15, 0.2) is 53.7 Å². The van der Waals surface area contributed by atoms with Gasteiger partial charge in [0.25, 0.3) is 0 Å². The number of ether oxygens (including phenoxy) is 1. The number of amides is 1. The molecule has 0 radical (unpaired) electrons. The minimum atomic E-state index is -0.258. The van der Waals surface area contributed by atoms with Crippen molar-refractivity contribution in [1.82, 2.24) is 5.32 Å². The number of rotatable bonds is 6. The predicted molar refractivity (Wildman–Crippen MR) is 98.9 cm³/mol. The lowest BCUT2D eigenvalue weighted by molar-refractivity contribution is -0.117. The second-order valence-corrected chi connectivity index (χ2v) is 5.86. The molecule has 0 heterocycles. The van der Waals surface area contributed by atoms with Crippen LogP contribution in [0.1, 0.15) is 29.5 Å².